The van der Waals surface area contributed by atoms with E-state index < -0.39 is 0 Å². The average molecular weight is 491 g/mol. The van der Waals surface area contributed by atoms with Crippen LogP contribution in [0.3, 0.4) is 0 Å². The van der Waals surface area contributed by atoms with Gasteiger partial charge in [0.1, 0.15) is 12.6 Å². The molecule has 0 heterocycles. The number of hydrogen-bond donors (Lipinski definition) is 3. The van der Waals surface area contributed by atoms with E-state index >= 15 is 0 Å². The van der Waals surface area contributed by atoms with Crippen LogP contribution in [0.1, 0.15) is 50.7 Å². The Kier molecular flexibility index (Phi) is 19.6. The summed E-state index contributed by atoms with van der Waals surface area (Å²) in [6, 6.07) is 23.5. The first-order valence-electron chi connectivity index (χ1n) is 11.1. The zero-order valence-electron chi connectivity index (χ0n) is 19.2. The Morgan fingerprint density at radius 3 is 1.55 bits per heavy atom. The first kappa shape index (κ1) is 32.4. The Hall–Kier alpha value is -0.810. The molecule has 0 aliphatic carbocycles. The quantitative estimate of drug-likeness (QED) is 0.250. The first-order chi connectivity index (χ1) is 13.5. The second-order valence-electron chi connectivity index (χ2n) is 8.73. The molecule has 2 aromatic rings. The Balaban J connectivity index is 0. The highest BCUT2D eigenvalue weighted by atomic mass is 35.5. The van der Waals surface area contributed by atoms with Crippen molar-refractivity contribution in [3.63, 3.8) is 0 Å². The lowest BCUT2D eigenvalue weighted by Gasteiger charge is -2.18. The summed E-state index contributed by atoms with van der Waals surface area (Å²) in [6.45, 7) is 5.66. The average Bonchev–Trinajstić information content (AvgIpc) is 2.72. The Bertz CT molecular complexity index is 597. The number of benzene rings is 2. The molecule has 31 heavy (non-hydrogen) atoms. The summed E-state index contributed by atoms with van der Waals surface area (Å²) in [4.78, 5) is 0. The summed E-state index contributed by atoms with van der Waals surface area (Å²) in [5, 5.41) is 2.57. The zero-order valence-corrected chi connectivity index (χ0v) is 21.4. The van der Waals surface area contributed by atoms with Crippen molar-refractivity contribution in [2.24, 2.45) is 5.92 Å². The van der Waals surface area contributed by atoms with Gasteiger partial charge in [0.15, 0.2) is 0 Å². The van der Waals surface area contributed by atoms with Gasteiger partial charge in [-0.3, -0.25) is 0 Å². The number of aryl methyl sites for hydroxylation is 2. The highest BCUT2D eigenvalue weighted by Crippen LogP contribution is 2.09. The standard InChI is InChI=1S/C25H39N3.3ClH/c1-20(2)25(27)18-15-23(26)19-28-24(16-13-21-9-5-3-6-10-21)17-14-22-11-7-4-8-12-22;;;/h3-12,20,23-25,28H,13-19,26-27H2,1-2H3;3*1H. The van der Waals surface area contributed by atoms with Gasteiger partial charge in [0.05, 0.1) is 12.1 Å². The van der Waals surface area contributed by atoms with Crippen LogP contribution < -0.4 is 54.0 Å². The van der Waals surface area contributed by atoms with Crippen LogP contribution in [-0.4, -0.2) is 24.7 Å². The molecular weight excluding hydrogens is 449 g/mol. The summed E-state index contributed by atoms with van der Waals surface area (Å²) >= 11 is 0. The number of quaternary nitrogens is 3. The van der Waals surface area contributed by atoms with E-state index in [9.17, 15) is 0 Å². The fourth-order valence-corrected chi connectivity index (χ4v) is 3.66. The maximum absolute atomic E-state index is 4.42. The summed E-state index contributed by atoms with van der Waals surface area (Å²) in [7, 11) is 0. The van der Waals surface area contributed by atoms with Gasteiger partial charge in [-0.25, -0.2) is 0 Å². The van der Waals surface area contributed by atoms with Crippen LogP contribution in [0.4, 0.5) is 0 Å². The van der Waals surface area contributed by atoms with E-state index in [1.807, 2.05) is 0 Å². The van der Waals surface area contributed by atoms with Crippen LogP contribution in [0, 0.1) is 5.92 Å². The summed E-state index contributed by atoms with van der Waals surface area (Å²) in [5.74, 6) is 0.667. The van der Waals surface area contributed by atoms with Crippen molar-refractivity contribution in [2.75, 3.05) is 6.54 Å². The van der Waals surface area contributed by atoms with Gasteiger partial charge in [-0.05, 0) is 24.0 Å². The maximum Gasteiger partial charge on any atom is 0.134 e. The van der Waals surface area contributed by atoms with E-state index in [4.69, 9.17) is 0 Å². The molecular formula is C25H42Cl3N3. The minimum absolute atomic E-state index is 0. The third-order valence-corrected chi connectivity index (χ3v) is 5.98. The predicted molar refractivity (Wildman–Crippen MR) is 118 cm³/mol. The Morgan fingerprint density at radius 1 is 0.677 bits per heavy atom. The van der Waals surface area contributed by atoms with Crippen molar-refractivity contribution in [1.82, 2.24) is 0 Å². The maximum atomic E-state index is 4.42. The van der Waals surface area contributed by atoms with Crippen molar-refractivity contribution >= 4 is 0 Å². The van der Waals surface area contributed by atoms with Gasteiger partial charge in [-0.15, -0.1) is 0 Å². The Labute approximate surface area is 208 Å². The number of rotatable bonds is 13. The van der Waals surface area contributed by atoms with Gasteiger partial charge < -0.3 is 54.0 Å². The van der Waals surface area contributed by atoms with Crippen LogP contribution in [0.15, 0.2) is 60.7 Å². The van der Waals surface area contributed by atoms with E-state index in [0.717, 1.165) is 19.4 Å². The van der Waals surface area contributed by atoms with E-state index in [1.54, 1.807) is 0 Å². The monoisotopic (exact) mass is 489 g/mol. The SMILES string of the molecule is CC(C)C([NH3+])CCC([NH3+])C[NH2+]C(CCc1ccccc1)CCc1ccccc1.[Cl-].[Cl-].[Cl-]. The molecule has 2 unspecified atom stereocenters. The fourth-order valence-electron chi connectivity index (χ4n) is 3.66. The molecule has 0 amide bonds. The summed E-state index contributed by atoms with van der Waals surface area (Å²) in [6.07, 6.45) is 7.16. The minimum atomic E-state index is 0. The molecule has 2 rings (SSSR count). The van der Waals surface area contributed by atoms with E-state index in [-0.39, 0.29) is 37.2 Å². The largest absolute Gasteiger partial charge is 1.00 e. The van der Waals surface area contributed by atoms with Gasteiger partial charge >= 0.3 is 0 Å². The van der Waals surface area contributed by atoms with Crippen molar-refractivity contribution in [2.45, 2.75) is 70.5 Å². The lowest BCUT2D eigenvalue weighted by atomic mass is 9.97. The van der Waals surface area contributed by atoms with Crippen LogP contribution >= 0.6 is 0 Å². The molecule has 3 nitrogen and oxygen atoms in total. The third kappa shape index (κ3) is 14.1. The lowest BCUT2D eigenvalue weighted by molar-refractivity contribution is -0.712. The molecule has 0 radical (unpaired) electrons. The molecule has 178 valence electrons. The van der Waals surface area contributed by atoms with Gasteiger partial charge in [0.2, 0.25) is 0 Å². The molecule has 0 bridgehead atoms. The van der Waals surface area contributed by atoms with Gasteiger partial charge in [0, 0.05) is 31.6 Å². The van der Waals surface area contributed by atoms with Gasteiger partial charge in [-0.1, -0.05) is 74.5 Å². The molecule has 6 heteroatoms. The molecule has 0 fully saturated rings. The predicted octanol–water partition coefficient (Wildman–Crippen LogP) is -7.15. The second-order valence-corrected chi connectivity index (χ2v) is 8.73. The molecule has 0 spiro atoms. The summed E-state index contributed by atoms with van der Waals surface area (Å²) < 4.78 is 0. The first-order valence-corrected chi connectivity index (χ1v) is 11.1. The molecule has 0 aliphatic heterocycles. The second kappa shape index (κ2) is 18.7. The van der Waals surface area contributed by atoms with Crippen LogP contribution in [-0.2, 0) is 12.8 Å². The van der Waals surface area contributed by atoms with Crippen LogP contribution in [0.5, 0.6) is 0 Å². The van der Waals surface area contributed by atoms with Crippen LogP contribution in [0.2, 0.25) is 0 Å². The van der Waals surface area contributed by atoms with Crippen LogP contribution in [0.25, 0.3) is 0 Å². The van der Waals surface area contributed by atoms with E-state index in [2.05, 4.69) is 91.3 Å². The molecule has 0 aromatic heterocycles. The number of hydrogen-bond acceptors (Lipinski definition) is 0. The highest BCUT2D eigenvalue weighted by Gasteiger charge is 2.19. The van der Waals surface area contributed by atoms with E-state index in [0.29, 0.717) is 24.0 Å². The van der Waals surface area contributed by atoms with Crippen molar-refractivity contribution in [3.05, 3.63) is 71.8 Å². The summed E-state index contributed by atoms with van der Waals surface area (Å²) in [5.41, 5.74) is 11.6. The number of halogens is 3. The third-order valence-electron chi connectivity index (χ3n) is 5.98. The molecule has 0 aliphatic rings. The minimum Gasteiger partial charge on any atom is -1.00 e. The van der Waals surface area contributed by atoms with Crippen molar-refractivity contribution < 1.29 is 54.0 Å². The lowest BCUT2D eigenvalue weighted by Crippen LogP contribution is -3.00. The molecule has 8 N–H and O–H groups in total. The smallest absolute Gasteiger partial charge is 0.134 e. The Morgan fingerprint density at radius 2 is 1.13 bits per heavy atom. The molecule has 0 saturated heterocycles. The zero-order chi connectivity index (χ0) is 20.2. The topological polar surface area (TPSA) is 71.9 Å². The molecule has 2 atom stereocenters. The van der Waals surface area contributed by atoms with E-state index in [1.165, 1.54) is 36.8 Å². The normalized spacial score (nSPS) is 12.5. The molecule has 2 aromatic carbocycles. The van der Waals surface area contributed by atoms with Crippen molar-refractivity contribution in [3.8, 4) is 0 Å². The number of nitrogens with two attached hydrogens (primary N) is 1. The van der Waals surface area contributed by atoms with Crippen molar-refractivity contribution in [1.29, 1.82) is 0 Å². The van der Waals surface area contributed by atoms with Gasteiger partial charge in [-0.2, -0.15) is 0 Å². The molecule has 0 saturated carbocycles. The van der Waals surface area contributed by atoms with Gasteiger partial charge in [0.25, 0.3) is 0 Å². The highest BCUT2D eigenvalue weighted by molar-refractivity contribution is 5.16. The fraction of sp³-hybridized carbons (Fsp3) is 0.520.